The number of ether oxygens (including phenoxy) is 2. The fraction of sp³-hybridized carbons (Fsp3) is 0.375. The Hall–Kier alpha value is -3.35. The predicted molar refractivity (Wildman–Crippen MR) is 115 cm³/mol. The molecule has 0 aliphatic rings. The number of phenolic OH excluding ortho intramolecular Hbond substituents is 1. The molecule has 2 rings (SSSR count). The van der Waals surface area contributed by atoms with E-state index in [1.54, 1.807) is 36.4 Å². The number of hydrogen-bond donors (Lipinski definition) is 2. The fourth-order valence-corrected chi connectivity index (χ4v) is 3.06. The summed E-state index contributed by atoms with van der Waals surface area (Å²) in [5, 5.41) is 19.0. The highest BCUT2D eigenvalue weighted by molar-refractivity contribution is 5.98. The van der Waals surface area contributed by atoms with Crippen LogP contribution in [-0.2, 0) is 11.2 Å². The van der Waals surface area contributed by atoms with Crippen LogP contribution in [0.2, 0.25) is 0 Å². The third-order valence-corrected chi connectivity index (χ3v) is 4.68. The number of carboxylic acids is 1. The van der Waals surface area contributed by atoms with Gasteiger partial charge in [-0.05, 0) is 49.7 Å². The summed E-state index contributed by atoms with van der Waals surface area (Å²) < 4.78 is 11.4. The van der Waals surface area contributed by atoms with Crippen LogP contribution >= 0.6 is 0 Å². The van der Waals surface area contributed by atoms with E-state index in [0.29, 0.717) is 54.2 Å². The summed E-state index contributed by atoms with van der Waals surface area (Å²) in [5.41, 5.74) is 1.39. The van der Waals surface area contributed by atoms with E-state index in [2.05, 4.69) is 0 Å². The van der Waals surface area contributed by atoms with Crippen molar-refractivity contribution >= 4 is 17.5 Å². The number of ketones is 2. The zero-order chi connectivity index (χ0) is 22.8. The van der Waals surface area contributed by atoms with Gasteiger partial charge in [0.1, 0.15) is 17.2 Å². The highest BCUT2D eigenvalue weighted by atomic mass is 16.5. The van der Waals surface area contributed by atoms with Gasteiger partial charge in [0, 0.05) is 24.0 Å². The summed E-state index contributed by atoms with van der Waals surface area (Å²) >= 11 is 0. The highest BCUT2D eigenvalue weighted by Gasteiger charge is 2.15. The lowest BCUT2D eigenvalue weighted by atomic mass is 10.0. The molecular formula is C24H28O7. The lowest BCUT2D eigenvalue weighted by Crippen LogP contribution is -2.07. The van der Waals surface area contributed by atoms with Crippen LogP contribution in [0.15, 0.2) is 36.4 Å². The highest BCUT2D eigenvalue weighted by Crippen LogP contribution is 2.33. The molecule has 0 fully saturated rings. The minimum atomic E-state index is -0.998. The maximum atomic E-state index is 11.9. The summed E-state index contributed by atoms with van der Waals surface area (Å²) in [5.74, 6) is -0.254. The Labute approximate surface area is 181 Å². The Bertz CT molecular complexity index is 916. The summed E-state index contributed by atoms with van der Waals surface area (Å²) in [6.45, 7) is 4.18. The molecule has 0 spiro atoms. The van der Waals surface area contributed by atoms with E-state index in [4.69, 9.17) is 14.6 Å². The molecule has 0 aliphatic carbocycles. The summed E-state index contributed by atoms with van der Waals surface area (Å²) in [6.07, 6.45) is 1.79. The van der Waals surface area contributed by atoms with Gasteiger partial charge in [0.05, 0.1) is 25.2 Å². The second-order valence-electron chi connectivity index (χ2n) is 7.14. The minimum absolute atomic E-state index is 0.0129. The number of rotatable bonds is 13. The summed E-state index contributed by atoms with van der Waals surface area (Å²) in [7, 11) is 0. The van der Waals surface area contributed by atoms with Gasteiger partial charge in [-0.25, -0.2) is 0 Å². The molecule has 0 amide bonds. The quantitative estimate of drug-likeness (QED) is 0.358. The van der Waals surface area contributed by atoms with Crippen molar-refractivity contribution in [3.05, 3.63) is 53.1 Å². The first kappa shape index (κ1) is 23.9. The number of carbonyl (C=O) groups is 3. The van der Waals surface area contributed by atoms with Gasteiger partial charge in [-0.2, -0.15) is 0 Å². The Balaban J connectivity index is 1.83. The lowest BCUT2D eigenvalue weighted by molar-refractivity contribution is -0.136. The molecule has 166 valence electrons. The normalized spacial score (nSPS) is 10.5. The largest absolute Gasteiger partial charge is 0.507 e. The second kappa shape index (κ2) is 11.7. The second-order valence-corrected chi connectivity index (χ2v) is 7.14. The predicted octanol–water partition coefficient (Wildman–Crippen LogP) is 4.44. The van der Waals surface area contributed by atoms with Crippen molar-refractivity contribution in [3.8, 4) is 17.2 Å². The zero-order valence-electron chi connectivity index (χ0n) is 17.8. The van der Waals surface area contributed by atoms with E-state index in [-0.39, 0.29) is 30.2 Å². The average Bonchev–Trinajstić information content (AvgIpc) is 2.74. The number of benzene rings is 2. The molecule has 0 atom stereocenters. The number of carbonyl (C=O) groups excluding carboxylic acids is 2. The van der Waals surface area contributed by atoms with E-state index in [1.165, 1.54) is 6.92 Å². The molecule has 0 aromatic heterocycles. The first-order chi connectivity index (χ1) is 14.8. The van der Waals surface area contributed by atoms with Gasteiger partial charge < -0.3 is 19.7 Å². The first-order valence-corrected chi connectivity index (χ1v) is 10.3. The van der Waals surface area contributed by atoms with Crippen molar-refractivity contribution in [2.24, 2.45) is 0 Å². The molecule has 0 heterocycles. The molecule has 7 heteroatoms. The van der Waals surface area contributed by atoms with Gasteiger partial charge in [0.15, 0.2) is 11.6 Å². The van der Waals surface area contributed by atoms with Crippen LogP contribution < -0.4 is 9.47 Å². The minimum Gasteiger partial charge on any atom is -0.507 e. The van der Waals surface area contributed by atoms with Crippen LogP contribution in [0.5, 0.6) is 17.2 Å². The number of aliphatic carboxylic acids is 1. The molecule has 0 saturated carbocycles. The van der Waals surface area contributed by atoms with Crippen molar-refractivity contribution in [2.75, 3.05) is 13.2 Å². The number of phenols is 1. The van der Waals surface area contributed by atoms with Crippen molar-refractivity contribution < 1.29 is 34.1 Å². The number of hydrogen-bond acceptors (Lipinski definition) is 6. The third kappa shape index (κ3) is 7.13. The SMILES string of the molecule is CCCc1c(OCCCOc2ccc(C(=O)CCC(=O)O)cc2)ccc(C(C)=O)c1O. The molecule has 0 bridgehead atoms. The molecule has 0 aliphatic heterocycles. The standard InChI is InChI=1S/C24H28O7/c1-3-5-20-22(12-10-19(16(2)25)24(20)29)31-15-4-14-30-18-8-6-17(7-9-18)21(26)11-13-23(27)28/h6-10,12,29H,3-5,11,13-15H2,1-2H3,(H,27,28). The maximum Gasteiger partial charge on any atom is 0.303 e. The molecule has 2 N–H and O–H groups in total. The van der Waals surface area contributed by atoms with E-state index in [9.17, 15) is 19.5 Å². The Morgan fingerprint density at radius 2 is 1.61 bits per heavy atom. The Kier molecular flexibility index (Phi) is 9.06. The van der Waals surface area contributed by atoms with Gasteiger partial charge in [-0.3, -0.25) is 14.4 Å². The van der Waals surface area contributed by atoms with Crippen LogP contribution in [0, 0.1) is 0 Å². The molecule has 0 saturated heterocycles. The average molecular weight is 428 g/mol. The smallest absolute Gasteiger partial charge is 0.303 e. The van der Waals surface area contributed by atoms with E-state index in [1.807, 2.05) is 6.92 Å². The molecule has 0 unspecified atom stereocenters. The van der Waals surface area contributed by atoms with Gasteiger partial charge in [-0.1, -0.05) is 13.3 Å². The van der Waals surface area contributed by atoms with Crippen molar-refractivity contribution in [2.45, 2.75) is 46.0 Å². The van der Waals surface area contributed by atoms with Crippen molar-refractivity contribution in [3.63, 3.8) is 0 Å². The summed E-state index contributed by atoms with van der Waals surface area (Å²) in [6, 6.07) is 9.86. The number of aromatic hydroxyl groups is 1. The van der Waals surface area contributed by atoms with Crippen LogP contribution in [-0.4, -0.2) is 41.0 Å². The number of carboxylic acid groups (broad SMARTS) is 1. The lowest BCUT2D eigenvalue weighted by Gasteiger charge is -2.15. The Morgan fingerprint density at radius 1 is 0.935 bits per heavy atom. The molecule has 0 radical (unpaired) electrons. The molecular weight excluding hydrogens is 400 g/mol. The van der Waals surface area contributed by atoms with Crippen LogP contribution in [0.4, 0.5) is 0 Å². The van der Waals surface area contributed by atoms with E-state index < -0.39 is 5.97 Å². The monoisotopic (exact) mass is 428 g/mol. The fourth-order valence-electron chi connectivity index (χ4n) is 3.06. The summed E-state index contributed by atoms with van der Waals surface area (Å²) in [4.78, 5) is 34.1. The van der Waals surface area contributed by atoms with Gasteiger partial charge in [-0.15, -0.1) is 0 Å². The van der Waals surface area contributed by atoms with E-state index >= 15 is 0 Å². The number of Topliss-reactive ketones (excluding diaryl/α,β-unsaturated/α-hetero) is 2. The van der Waals surface area contributed by atoms with Crippen LogP contribution in [0.3, 0.4) is 0 Å². The van der Waals surface area contributed by atoms with Gasteiger partial charge in [0.25, 0.3) is 0 Å². The molecule has 31 heavy (non-hydrogen) atoms. The molecule has 2 aromatic carbocycles. The molecule has 2 aromatic rings. The van der Waals surface area contributed by atoms with Crippen LogP contribution in [0.1, 0.15) is 65.8 Å². The topological polar surface area (TPSA) is 110 Å². The van der Waals surface area contributed by atoms with Crippen LogP contribution in [0.25, 0.3) is 0 Å². The zero-order valence-corrected chi connectivity index (χ0v) is 17.8. The molecule has 7 nitrogen and oxygen atoms in total. The van der Waals surface area contributed by atoms with E-state index in [0.717, 1.165) is 6.42 Å². The Morgan fingerprint density at radius 3 is 2.23 bits per heavy atom. The van der Waals surface area contributed by atoms with Crippen molar-refractivity contribution in [1.29, 1.82) is 0 Å². The third-order valence-electron chi connectivity index (χ3n) is 4.68. The van der Waals surface area contributed by atoms with Crippen molar-refractivity contribution in [1.82, 2.24) is 0 Å². The van der Waals surface area contributed by atoms with Gasteiger partial charge in [0.2, 0.25) is 0 Å². The first-order valence-electron chi connectivity index (χ1n) is 10.3. The maximum absolute atomic E-state index is 11.9. The van der Waals surface area contributed by atoms with Gasteiger partial charge >= 0.3 is 5.97 Å².